The molecule has 3 nitrogen and oxygen atoms in total. The minimum Gasteiger partial charge on any atom is -0.353 e. The Labute approximate surface area is 111 Å². The summed E-state index contributed by atoms with van der Waals surface area (Å²) in [5.41, 5.74) is 0. The van der Waals surface area contributed by atoms with E-state index in [1.165, 1.54) is 32.1 Å². The Morgan fingerprint density at radius 2 is 1.89 bits per heavy atom. The average Bonchev–Trinajstić information content (AvgIpc) is 2.54. The lowest BCUT2D eigenvalue weighted by atomic mass is 9.91. The molecule has 2 aliphatic rings. The highest BCUT2D eigenvalue weighted by Crippen LogP contribution is 2.23. The Kier molecular flexibility index (Phi) is 5.04. The quantitative estimate of drug-likeness (QED) is 0.741. The van der Waals surface area contributed by atoms with Gasteiger partial charge in [-0.25, -0.2) is 0 Å². The van der Waals surface area contributed by atoms with E-state index < -0.39 is 0 Å². The van der Waals surface area contributed by atoms with Gasteiger partial charge in [0, 0.05) is 12.6 Å². The smallest absolute Gasteiger partial charge is 0.224 e. The Morgan fingerprint density at radius 1 is 1.06 bits per heavy atom. The van der Waals surface area contributed by atoms with E-state index in [0.29, 0.717) is 12.0 Å². The van der Waals surface area contributed by atoms with E-state index >= 15 is 0 Å². The largest absolute Gasteiger partial charge is 0.353 e. The second-order valence-electron chi connectivity index (χ2n) is 6.51. The van der Waals surface area contributed by atoms with Crippen molar-refractivity contribution in [3.05, 3.63) is 0 Å². The van der Waals surface area contributed by atoms with Crippen LogP contribution in [0.5, 0.6) is 0 Å². The summed E-state index contributed by atoms with van der Waals surface area (Å²) < 4.78 is 0. The summed E-state index contributed by atoms with van der Waals surface area (Å²) in [5.74, 6) is 1.94. The molecule has 2 rings (SSSR count). The maximum atomic E-state index is 12.3. The molecule has 0 radical (unpaired) electrons. The van der Waals surface area contributed by atoms with E-state index in [4.69, 9.17) is 0 Å². The highest BCUT2D eigenvalue weighted by atomic mass is 16.2. The van der Waals surface area contributed by atoms with E-state index in [0.717, 1.165) is 25.4 Å². The second-order valence-corrected chi connectivity index (χ2v) is 6.51. The Morgan fingerprint density at radius 3 is 2.67 bits per heavy atom. The number of piperidine rings is 1. The van der Waals surface area contributed by atoms with Crippen molar-refractivity contribution >= 4 is 5.91 Å². The molecule has 1 saturated heterocycles. The first-order valence-corrected chi connectivity index (χ1v) is 7.66. The third-order valence-corrected chi connectivity index (χ3v) is 4.55. The standard InChI is InChI=1S/C15H28N2O/c1-11-4-3-5-14(7-6-11)17-15(18)13-8-12(2)9-16-10-13/h11-14,16H,3-10H2,1-2H3,(H,17,18). The van der Waals surface area contributed by atoms with E-state index in [9.17, 15) is 4.79 Å². The van der Waals surface area contributed by atoms with Crippen molar-refractivity contribution in [3.63, 3.8) is 0 Å². The third-order valence-electron chi connectivity index (χ3n) is 4.55. The van der Waals surface area contributed by atoms with Gasteiger partial charge < -0.3 is 10.6 Å². The third kappa shape index (κ3) is 3.98. The lowest BCUT2D eigenvalue weighted by Crippen LogP contribution is -2.46. The topological polar surface area (TPSA) is 41.1 Å². The molecule has 4 atom stereocenters. The predicted octanol–water partition coefficient (Wildman–Crippen LogP) is 2.32. The van der Waals surface area contributed by atoms with Crippen LogP contribution >= 0.6 is 0 Å². The number of carbonyl (C=O) groups excluding carboxylic acids is 1. The summed E-state index contributed by atoms with van der Waals surface area (Å²) in [6.45, 7) is 6.47. The number of nitrogens with one attached hydrogen (secondary N) is 2. The van der Waals surface area contributed by atoms with Gasteiger partial charge in [-0.15, -0.1) is 0 Å². The van der Waals surface area contributed by atoms with Crippen LogP contribution in [-0.4, -0.2) is 25.0 Å². The summed E-state index contributed by atoms with van der Waals surface area (Å²) in [7, 11) is 0. The van der Waals surface area contributed by atoms with Crippen molar-refractivity contribution in [3.8, 4) is 0 Å². The SMILES string of the molecule is CC1CCCC(NC(=O)C2CNCC(C)C2)CC1. The minimum absolute atomic E-state index is 0.189. The molecule has 104 valence electrons. The molecule has 4 unspecified atom stereocenters. The van der Waals surface area contributed by atoms with Gasteiger partial charge in [0.15, 0.2) is 0 Å². The highest BCUT2D eigenvalue weighted by molar-refractivity contribution is 5.79. The van der Waals surface area contributed by atoms with Crippen molar-refractivity contribution < 1.29 is 4.79 Å². The van der Waals surface area contributed by atoms with Crippen molar-refractivity contribution in [1.82, 2.24) is 10.6 Å². The zero-order chi connectivity index (χ0) is 13.0. The van der Waals surface area contributed by atoms with E-state index in [1.807, 2.05) is 0 Å². The number of carbonyl (C=O) groups is 1. The normalized spacial score (nSPS) is 37.9. The van der Waals surface area contributed by atoms with Crippen molar-refractivity contribution in [2.75, 3.05) is 13.1 Å². The molecular weight excluding hydrogens is 224 g/mol. The molecule has 3 heteroatoms. The van der Waals surface area contributed by atoms with Crippen LogP contribution < -0.4 is 10.6 Å². The summed E-state index contributed by atoms with van der Waals surface area (Å²) in [5, 5.41) is 6.65. The zero-order valence-corrected chi connectivity index (χ0v) is 11.9. The van der Waals surface area contributed by atoms with Crippen LogP contribution in [0.15, 0.2) is 0 Å². The molecule has 1 heterocycles. The molecule has 0 spiro atoms. The van der Waals surface area contributed by atoms with Gasteiger partial charge in [0.05, 0.1) is 5.92 Å². The fraction of sp³-hybridized carbons (Fsp3) is 0.933. The van der Waals surface area contributed by atoms with E-state index in [1.54, 1.807) is 0 Å². The molecule has 18 heavy (non-hydrogen) atoms. The number of hydrogen-bond donors (Lipinski definition) is 2. The molecule has 0 aromatic heterocycles. The van der Waals surface area contributed by atoms with Gasteiger partial charge in [-0.1, -0.05) is 26.7 Å². The average molecular weight is 252 g/mol. The van der Waals surface area contributed by atoms with Gasteiger partial charge in [0.25, 0.3) is 0 Å². The van der Waals surface area contributed by atoms with E-state index in [-0.39, 0.29) is 11.8 Å². The summed E-state index contributed by atoms with van der Waals surface area (Å²) in [6, 6.07) is 0.430. The monoisotopic (exact) mass is 252 g/mol. The van der Waals surface area contributed by atoms with Gasteiger partial charge in [-0.3, -0.25) is 4.79 Å². The van der Waals surface area contributed by atoms with Crippen LogP contribution in [0, 0.1) is 17.8 Å². The van der Waals surface area contributed by atoms with Crippen LogP contribution in [0.2, 0.25) is 0 Å². The fourth-order valence-electron chi connectivity index (χ4n) is 3.31. The highest BCUT2D eigenvalue weighted by Gasteiger charge is 2.27. The summed E-state index contributed by atoms with van der Waals surface area (Å²) in [6.07, 6.45) is 7.25. The Bertz CT molecular complexity index is 280. The molecule has 1 saturated carbocycles. The van der Waals surface area contributed by atoms with Crippen LogP contribution in [0.3, 0.4) is 0 Å². The van der Waals surface area contributed by atoms with Gasteiger partial charge in [0.2, 0.25) is 5.91 Å². The van der Waals surface area contributed by atoms with Gasteiger partial charge in [0.1, 0.15) is 0 Å². The molecule has 0 aromatic carbocycles. The van der Waals surface area contributed by atoms with Gasteiger partial charge in [-0.2, -0.15) is 0 Å². The van der Waals surface area contributed by atoms with Crippen LogP contribution in [-0.2, 0) is 4.79 Å². The molecule has 1 amide bonds. The summed E-state index contributed by atoms with van der Waals surface area (Å²) in [4.78, 5) is 12.3. The molecule has 2 fully saturated rings. The first-order valence-electron chi connectivity index (χ1n) is 7.66. The van der Waals surface area contributed by atoms with E-state index in [2.05, 4.69) is 24.5 Å². The zero-order valence-electron chi connectivity index (χ0n) is 11.9. The molecule has 0 bridgehead atoms. The maximum absolute atomic E-state index is 12.3. The second kappa shape index (κ2) is 6.55. The molecule has 1 aliphatic heterocycles. The minimum atomic E-state index is 0.189. The number of amides is 1. The Balaban J connectivity index is 1.79. The first-order chi connectivity index (χ1) is 8.65. The van der Waals surface area contributed by atoms with Crippen molar-refractivity contribution in [2.24, 2.45) is 17.8 Å². The van der Waals surface area contributed by atoms with Crippen LogP contribution in [0.25, 0.3) is 0 Å². The number of hydrogen-bond acceptors (Lipinski definition) is 2. The van der Waals surface area contributed by atoms with Crippen molar-refractivity contribution in [1.29, 1.82) is 0 Å². The predicted molar refractivity (Wildman–Crippen MR) is 74.3 cm³/mol. The molecule has 2 N–H and O–H groups in total. The fourth-order valence-corrected chi connectivity index (χ4v) is 3.31. The lowest BCUT2D eigenvalue weighted by molar-refractivity contribution is -0.126. The van der Waals surface area contributed by atoms with Crippen LogP contribution in [0.1, 0.15) is 52.4 Å². The van der Waals surface area contributed by atoms with Crippen LogP contribution in [0.4, 0.5) is 0 Å². The number of rotatable bonds is 2. The molecule has 1 aliphatic carbocycles. The maximum Gasteiger partial charge on any atom is 0.224 e. The van der Waals surface area contributed by atoms with Gasteiger partial charge in [-0.05, 0) is 44.1 Å². The lowest BCUT2D eigenvalue weighted by Gasteiger charge is -2.28. The molecular formula is C15H28N2O. The van der Waals surface area contributed by atoms with Crippen molar-refractivity contribution in [2.45, 2.75) is 58.4 Å². The first kappa shape index (κ1) is 13.9. The summed E-state index contributed by atoms with van der Waals surface area (Å²) >= 11 is 0. The molecule has 0 aromatic rings. The Hall–Kier alpha value is -0.570. The van der Waals surface area contributed by atoms with Gasteiger partial charge >= 0.3 is 0 Å².